The molecular formula is C90H90F2N2S. The lowest BCUT2D eigenvalue weighted by atomic mass is 9.52. The van der Waals surface area contributed by atoms with Crippen LogP contribution in [0.25, 0.3) is 0 Å². The van der Waals surface area contributed by atoms with Gasteiger partial charge in [-0.05, 0) is 249 Å². The Kier molecular flexibility index (Phi) is 16.3. The van der Waals surface area contributed by atoms with Gasteiger partial charge in [0.2, 0.25) is 0 Å². The van der Waals surface area contributed by atoms with Crippen molar-refractivity contribution in [1.29, 1.82) is 0 Å². The number of rotatable bonds is 14. The van der Waals surface area contributed by atoms with Gasteiger partial charge in [-0.2, -0.15) is 0 Å². The Labute approximate surface area is 568 Å². The van der Waals surface area contributed by atoms with Crippen molar-refractivity contribution in [1.82, 2.24) is 4.90 Å². The number of fused-ring (bicyclic) bond motifs is 6. The van der Waals surface area contributed by atoms with Crippen LogP contribution in [0.5, 0.6) is 0 Å². The lowest BCUT2D eigenvalue weighted by Gasteiger charge is -2.53. The second kappa shape index (κ2) is 25.4. The lowest BCUT2D eigenvalue weighted by Crippen LogP contribution is -2.50. The molecule has 17 rings (SSSR count). The Morgan fingerprint density at radius 3 is 2.00 bits per heavy atom. The smallest absolute Gasteiger partial charge is 0.118 e. The summed E-state index contributed by atoms with van der Waals surface area (Å²) >= 11 is 2.04. The highest BCUT2D eigenvalue weighted by atomic mass is 32.2. The van der Waals surface area contributed by atoms with Crippen LogP contribution < -0.4 is 4.90 Å². The largest absolute Gasteiger partial charge is 0.358 e. The van der Waals surface area contributed by atoms with Crippen molar-refractivity contribution in [3.63, 3.8) is 0 Å². The van der Waals surface area contributed by atoms with Crippen molar-refractivity contribution < 1.29 is 8.78 Å². The highest BCUT2D eigenvalue weighted by Crippen LogP contribution is 2.68. The SMILES string of the molecule is C=CC1C=CC(C2=CCC(C3(C4C=CC(F)=CC4)C4=C(C=CCC4)C4C=CC(N(c5ccc6c(c5)C5C=C(N(C7=CCCCC7)C7C=CC8=C(C7)C(C7=CCC(C9=CCC(C=C)C=C9)C=C7)(C7C=CC(F)=CC7)C7=C8C=CCC7)C=CC5S6)C5C=CC=CC5)CC43)C=C2)=CC1. The molecule has 0 bridgehead atoms. The van der Waals surface area contributed by atoms with Gasteiger partial charge in [0, 0.05) is 61.9 Å². The van der Waals surface area contributed by atoms with Gasteiger partial charge in [-0.25, -0.2) is 8.78 Å². The number of hydrogen-bond acceptors (Lipinski definition) is 3. The predicted molar refractivity (Wildman–Crippen MR) is 393 cm³/mol. The first kappa shape index (κ1) is 60.9. The van der Waals surface area contributed by atoms with Crippen molar-refractivity contribution >= 4 is 17.4 Å². The molecule has 0 amide bonds. The average molecular weight is 1270 g/mol. The van der Waals surface area contributed by atoms with Gasteiger partial charge in [-0.3, -0.25) is 0 Å². The number of benzene rings is 1. The molecule has 0 radical (unpaired) electrons. The van der Waals surface area contributed by atoms with Crippen molar-refractivity contribution in [3.05, 3.63) is 334 Å². The highest BCUT2D eigenvalue weighted by molar-refractivity contribution is 8.00. The molecule has 16 aliphatic rings. The minimum atomic E-state index is -0.376. The highest BCUT2D eigenvalue weighted by Gasteiger charge is 2.60. The third kappa shape index (κ3) is 10.4. The van der Waals surface area contributed by atoms with Gasteiger partial charge in [0.05, 0.1) is 12.1 Å². The maximum atomic E-state index is 15.3. The summed E-state index contributed by atoms with van der Waals surface area (Å²) in [6.45, 7) is 8.16. The summed E-state index contributed by atoms with van der Waals surface area (Å²) in [5.41, 5.74) is 19.4. The summed E-state index contributed by atoms with van der Waals surface area (Å²) < 4.78 is 30.6. The Bertz CT molecular complexity index is 4210. The Balaban J connectivity index is 0.710. The van der Waals surface area contributed by atoms with E-state index in [4.69, 9.17) is 0 Å². The molecular weight excluding hydrogens is 1180 g/mol. The van der Waals surface area contributed by atoms with Crippen molar-refractivity contribution in [2.24, 2.45) is 58.2 Å². The van der Waals surface area contributed by atoms with Crippen LogP contribution in [0, 0.1) is 58.2 Å². The fourth-order valence-electron chi connectivity index (χ4n) is 20.6. The molecule has 0 aromatic heterocycles. The van der Waals surface area contributed by atoms with Gasteiger partial charge in [0.15, 0.2) is 0 Å². The van der Waals surface area contributed by atoms with E-state index in [0.717, 1.165) is 89.9 Å². The van der Waals surface area contributed by atoms with E-state index < -0.39 is 0 Å². The fourth-order valence-corrected chi connectivity index (χ4v) is 21.9. The van der Waals surface area contributed by atoms with Gasteiger partial charge < -0.3 is 9.80 Å². The quantitative estimate of drug-likeness (QED) is 0.171. The van der Waals surface area contributed by atoms with Crippen LogP contribution >= 0.6 is 11.8 Å². The molecule has 15 aliphatic carbocycles. The van der Waals surface area contributed by atoms with Crippen LogP contribution in [-0.2, 0) is 0 Å². The van der Waals surface area contributed by atoms with E-state index in [-0.39, 0.29) is 64.3 Å². The number of nitrogens with zero attached hydrogens (tertiary/aromatic N) is 2. The molecule has 1 aromatic rings. The van der Waals surface area contributed by atoms with Crippen LogP contribution in [-0.4, -0.2) is 28.3 Å². The van der Waals surface area contributed by atoms with Crippen molar-refractivity contribution in [3.8, 4) is 0 Å². The first-order valence-corrected chi connectivity index (χ1v) is 37.2. The van der Waals surface area contributed by atoms with E-state index >= 15 is 8.78 Å². The second-order valence-corrected chi connectivity index (χ2v) is 30.8. The molecule has 0 spiro atoms. The number of hydrogen-bond donors (Lipinski definition) is 0. The Hall–Kier alpha value is -7.73. The van der Waals surface area contributed by atoms with Crippen LogP contribution in [0.4, 0.5) is 14.5 Å². The first-order chi connectivity index (χ1) is 46.8. The molecule has 0 saturated carbocycles. The zero-order valence-electron chi connectivity index (χ0n) is 55.0. The van der Waals surface area contributed by atoms with Gasteiger partial charge in [0.1, 0.15) is 11.7 Å². The van der Waals surface area contributed by atoms with Crippen molar-refractivity contribution in [2.75, 3.05) is 4.90 Å². The first-order valence-electron chi connectivity index (χ1n) is 36.4. The summed E-state index contributed by atoms with van der Waals surface area (Å²) in [5.74, 6) is 2.30. The lowest BCUT2D eigenvalue weighted by molar-refractivity contribution is 0.0712. The number of halogens is 2. The maximum Gasteiger partial charge on any atom is 0.118 e. The molecule has 480 valence electrons. The van der Waals surface area contributed by atoms with E-state index in [1.165, 1.54) is 90.5 Å². The molecule has 0 saturated heterocycles. The van der Waals surface area contributed by atoms with Crippen molar-refractivity contribution in [2.45, 2.75) is 143 Å². The Morgan fingerprint density at radius 1 is 0.537 bits per heavy atom. The van der Waals surface area contributed by atoms with E-state index in [9.17, 15) is 0 Å². The second-order valence-electron chi connectivity index (χ2n) is 29.6. The third-order valence-electron chi connectivity index (χ3n) is 25.0. The molecule has 0 fully saturated rings. The van der Waals surface area contributed by atoms with E-state index in [1.54, 1.807) is 17.7 Å². The minimum Gasteiger partial charge on any atom is -0.358 e. The summed E-state index contributed by atoms with van der Waals surface area (Å²) in [5, 5.41) is 0.303. The zero-order valence-corrected chi connectivity index (χ0v) is 55.8. The monoisotopic (exact) mass is 1270 g/mol. The summed E-state index contributed by atoms with van der Waals surface area (Å²) in [6, 6.07) is 7.97. The number of allylic oxidation sites excluding steroid dienone is 43. The number of thioether (sulfide) groups is 1. The van der Waals surface area contributed by atoms with Gasteiger partial charge in [-0.1, -0.05) is 194 Å². The molecule has 1 heterocycles. The van der Waals surface area contributed by atoms with E-state index in [2.05, 4.69) is 236 Å². The standard InChI is InChI=1S/C90H90F2N2S/c1-3-59-23-27-61(28-24-59)63-31-35-65(36-32-63)89(67-39-43-69(91)44-40-67)83-21-13-11-19-77(83)79-51-47-75(57-85(79)89)93(71-15-7-5-8-16-71)73-49-53-87-81(55-73)82-56-74(50-54-88(82)95-87)94(72-17-9-6-10-18-72)76-48-52-80-78-20-12-14-22-84(78)90(86(80)58-76,68-41-45-70(92)46-42-68)66-37-33-64(34-38-66)62-29-25-60(4-2)26-30-62/h3-5,7-8,11-12,15,17,19-20,23,25,27-33,35,37-39,41,43-56,59-60,64-65,67-68,71,75-76,79,82,85,88H,1-2,6,9-10,13-14,16,18,21-22,24,26,34,36,40,42,57-58H2. The van der Waals surface area contributed by atoms with Crippen LogP contribution in [0.15, 0.2) is 334 Å². The van der Waals surface area contributed by atoms with E-state index in [1.807, 2.05) is 23.9 Å². The van der Waals surface area contributed by atoms with Gasteiger partial charge in [0.25, 0.3) is 0 Å². The number of anilines is 1. The van der Waals surface area contributed by atoms with Gasteiger partial charge >= 0.3 is 0 Å². The molecule has 5 heteroatoms. The Morgan fingerprint density at radius 2 is 1.29 bits per heavy atom. The molecule has 15 unspecified atom stereocenters. The summed E-state index contributed by atoms with van der Waals surface area (Å²) in [6.07, 6.45) is 102. The zero-order chi connectivity index (χ0) is 63.8. The predicted octanol–water partition coefficient (Wildman–Crippen LogP) is 22.9. The molecule has 0 N–H and O–H groups in total. The maximum absolute atomic E-state index is 15.3. The van der Waals surface area contributed by atoms with E-state index in [0.29, 0.717) is 41.3 Å². The summed E-state index contributed by atoms with van der Waals surface area (Å²) in [4.78, 5) is 6.98. The third-order valence-corrected chi connectivity index (χ3v) is 26.3. The molecule has 2 nitrogen and oxygen atoms in total. The van der Waals surface area contributed by atoms with Crippen LogP contribution in [0.1, 0.15) is 121 Å². The molecule has 1 aromatic carbocycles. The summed E-state index contributed by atoms with van der Waals surface area (Å²) in [7, 11) is 0. The van der Waals surface area contributed by atoms with Crippen LogP contribution in [0.2, 0.25) is 0 Å². The van der Waals surface area contributed by atoms with Gasteiger partial charge in [-0.15, -0.1) is 24.9 Å². The molecule has 15 atom stereocenters. The average Bonchev–Trinajstić information content (AvgIpc) is 1.56. The van der Waals surface area contributed by atoms with Crippen LogP contribution in [0.3, 0.4) is 0 Å². The minimum absolute atomic E-state index is 0.0991. The topological polar surface area (TPSA) is 6.48 Å². The fraction of sp³-hybridized carbons (Fsp3) is 0.356. The molecule has 95 heavy (non-hydrogen) atoms. The normalized spacial score (nSPS) is 35.9. The molecule has 1 aliphatic heterocycles.